The molecule has 4 N–H and O–H groups in total. The maximum Gasteiger partial charge on any atom is 0.356 e. The van der Waals surface area contributed by atoms with Gasteiger partial charge < -0.3 is 25.6 Å². The Balaban J connectivity index is 0.914. The minimum atomic E-state index is -1.02. The molecule has 70 heavy (non-hydrogen) atoms. The van der Waals surface area contributed by atoms with E-state index >= 15 is 0 Å². The molecule has 354 valence electrons. The standard InChI is InChI=1S/C55H50N6O7S2/c1-2-67-59-70-35-44(56-54(70)58-55(41-22-12-5-13-23-41,42-24-14-6-15-25-42)43-26-16-7-17-27-43)30-47(64)57-48-51(65)61-49(53(66)68-50(36-18-8-3-9-19-36)37-20-10-4-11-21-37)40(34-69-52(48)61)33-60-31-38-28-45(62)46(63)29-39(38)32-60/h3-29,35,48,50,52,62-63H,2,30-34H2,1H3,(H,56,58)(H,57,64). The molecule has 0 spiro atoms. The van der Waals surface area contributed by atoms with E-state index in [1.165, 1.54) is 16.7 Å². The second-order valence-electron chi connectivity index (χ2n) is 17.2. The molecule has 10 rings (SSSR count). The zero-order valence-electron chi connectivity index (χ0n) is 38.2. The van der Waals surface area contributed by atoms with Crippen LogP contribution in [0, 0.1) is 0 Å². The molecule has 13 nitrogen and oxygen atoms in total. The van der Waals surface area contributed by atoms with Crippen molar-refractivity contribution in [1.29, 1.82) is 0 Å². The maximum atomic E-state index is 14.7. The molecule has 1 saturated heterocycles. The number of carbonyl (C=O) groups excluding carboxylic acids is 3. The van der Waals surface area contributed by atoms with Crippen molar-refractivity contribution in [3.63, 3.8) is 0 Å². The average Bonchev–Trinajstić information content (AvgIpc) is 3.97. The third-order valence-corrected chi connectivity index (χ3v) is 15.4. The second kappa shape index (κ2) is 20.3. The highest BCUT2D eigenvalue weighted by atomic mass is 32.2. The smallest absolute Gasteiger partial charge is 0.356 e. The largest absolute Gasteiger partial charge is 0.504 e. The predicted molar refractivity (Wildman–Crippen MR) is 271 cm³/mol. The number of amidine groups is 1. The molecule has 0 radical (unpaired) electrons. The molecule has 3 atom stereocenters. The van der Waals surface area contributed by atoms with Gasteiger partial charge in [-0.2, -0.15) is 0 Å². The quantitative estimate of drug-likeness (QED) is 0.0259. The van der Waals surface area contributed by atoms with Gasteiger partial charge in [0.1, 0.15) is 22.7 Å². The highest BCUT2D eigenvalue weighted by Crippen LogP contribution is 2.44. The van der Waals surface area contributed by atoms with Gasteiger partial charge >= 0.3 is 5.97 Å². The number of phenolic OH excluding ortho intramolecular Hbond substituents is 2. The first kappa shape index (κ1) is 46.4. The number of aliphatic imine (C=N–C) groups is 1. The normalized spacial score (nSPS) is 19.4. The van der Waals surface area contributed by atoms with Gasteiger partial charge in [-0.1, -0.05) is 156 Å². The number of nitrogens with one attached hydrogen (secondary N) is 2. The Morgan fingerprint density at radius 2 is 1.31 bits per heavy atom. The lowest BCUT2D eigenvalue weighted by atomic mass is 9.77. The topological polar surface area (TPSA) is 165 Å². The summed E-state index contributed by atoms with van der Waals surface area (Å²) in [6, 6.07) is 51.3. The number of amides is 2. The average molecular weight is 971 g/mol. The van der Waals surface area contributed by atoms with E-state index in [0.717, 1.165) is 38.9 Å². The van der Waals surface area contributed by atoms with E-state index in [9.17, 15) is 24.6 Å². The molecule has 6 aromatic carbocycles. The molecule has 3 unspecified atom stereocenters. The number of thioether (sulfide) groups is 1. The molecule has 4 heterocycles. The minimum Gasteiger partial charge on any atom is -0.504 e. The van der Waals surface area contributed by atoms with Crippen molar-refractivity contribution in [3.8, 4) is 11.5 Å². The van der Waals surface area contributed by atoms with Crippen LogP contribution >= 0.6 is 11.8 Å². The molecule has 0 bridgehead atoms. The Morgan fingerprint density at radius 1 is 0.800 bits per heavy atom. The summed E-state index contributed by atoms with van der Waals surface area (Å²) < 4.78 is 10.9. The molecule has 0 saturated carbocycles. The van der Waals surface area contributed by atoms with E-state index in [1.54, 1.807) is 12.1 Å². The number of fused-ring (bicyclic) bond motifs is 2. The number of hydrogen-bond donors (Lipinski definition) is 4. The summed E-state index contributed by atoms with van der Waals surface area (Å²) in [7, 11) is -1.02. The van der Waals surface area contributed by atoms with Crippen LogP contribution in [0.4, 0.5) is 0 Å². The number of phenols is 2. The van der Waals surface area contributed by atoms with Crippen LogP contribution in [-0.2, 0) is 53.3 Å². The Morgan fingerprint density at radius 3 is 1.83 bits per heavy atom. The van der Waals surface area contributed by atoms with Gasteiger partial charge in [0.25, 0.3) is 5.91 Å². The fraction of sp³-hybridized carbons (Fsp3) is 0.200. The lowest BCUT2D eigenvalue weighted by Gasteiger charge is -2.50. The van der Waals surface area contributed by atoms with Crippen LogP contribution in [0.5, 0.6) is 11.5 Å². The highest BCUT2D eigenvalue weighted by molar-refractivity contribution is 8.05. The molecule has 4 aliphatic heterocycles. The van der Waals surface area contributed by atoms with Crippen molar-refractivity contribution < 1.29 is 34.2 Å². The van der Waals surface area contributed by atoms with E-state index in [-0.39, 0.29) is 23.6 Å². The number of carbonyl (C=O) groups is 3. The van der Waals surface area contributed by atoms with Crippen molar-refractivity contribution in [2.24, 2.45) is 9.52 Å². The second-order valence-corrected chi connectivity index (χ2v) is 19.8. The van der Waals surface area contributed by atoms with Crippen LogP contribution in [0.3, 0.4) is 0 Å². The van der Waals surface area contributed by atoms with Gasteiger partial charge in [0.2, 0.25) is 5.91 Å². The Hall–Kier alpha value is -7.30. The highest BCUT2D eigenvalue weighted by Gasteiger charge is 2.55. The van der Waals surface area contributed by atoms with Crippen LogP contribution in [-0.4, -0.2) is 73.3 Å². The van der Waals surface area contributed by atoms with Crippen molar-refractivity contribution >= 4 is 45.4 Å². The van der Waals surface area contributed by atoms with Crippen LogP contribution in [0.2, 0.25) is 0 Å². The number of esters is 1. The minimum absolute atomic E-state index is 0.104. The monoisotopic (exact) mass is 970 g/mol. The fourth-order valence-electron chi connectivity index (χ4n) is 9.44. The van der Waals surface area contributed by atoms with Gasteiger partial charge in [-0.3, -0.25) is 19.4 Å². The first-order valence-electron chi connectivity index (χ1n) is 23.0. The summed E-state index contributed by atoms with van der Waals surface area (Å²) in [5, 5.41) is 28.7. The summed E-state index contributed by atoms with van der Waals surface area (Å²) in [6.45, 7) is 3.45. The Labute approximate surface area is 412 Å². The van der Waals surface area contributed by atoms with Gasteiger partial charge in [0, 0.05) is 47.2 Å². The van der Waals surface area contributed by atoms with Crippen LogP contribution in [0.1, 0.15) is 58.4 Å². The van der Waals surface area contributed by atoms with Crippen molar-refractivity contribution in [3.05, 3.63) is 225 Å². The summed E-state index contributed by atoms with van der Waals surface area (Å²) >= 11 is 1.47. The fourth-order valence-corrected chi connectivity index (χ4v) is 12.1. The lowest BCUT2D eigenvalue weighted by molar-refractivity contribution is -0.154. The zero-order valence-corrected chi connectivity index (χ0v) is 39.8. The number of hydrogen-bond acceptors (Lipinski definition) is 11. The van der Waals surface area contributed by atoms with Gasteiger partial charge in [0.05, 0.1) is 13.0 Å². The summed E-state index contributed by atoms with van der Waals surface area (Å²) in [5.74, 6) is -1.48. The van der Waals surface area contributed by atoms with Crippen LogP contribution in [0.25, 0.3) is 0 Å². The van der Waals surface area contributed by atoms with Crippen molar-refractivity contribution in [2.45, 2.75) is 49.5 Å². The van der Waals surface area contributed by atoms with Crippen LogP contribution in [0.15, 0.2) is 196 Å². The molecule has 6 aromatic rings. The number of β-lactam (4-membered cyclic amide) rings is 1. The molecular weight excluding hydrogens is 921 g/mol. The number of aromatic hydroxyl groups is 2. The third-order valence-electron chi connectivity index (χ3n) is 12.7. The Kier molecular flexibility index (Phi) is 13.5. The Bertz CT molecular complexity index is 2880. The number of benzene rings is 6. The van der Waals surface area contributed by atoms with Crippen molar-refractivity contribution in [1.82, 2.24) is 20.4 Å². The van der Waals surface area contributed by atoms with Gasteiger partial charge in [-0.25, -0.2) is 14.6 Å². The molecule has 4 aliphatic rings. The molecular formula is C55H50N6O7S2. The predicted octanol–water partition coefficient (Wildman–Crippen LogP) is 8.34. The van der Waals surface area contributed by atoms with E-state index in [2.05, 4.69) is 56.5 Å². The van der Waals surface area contributed by atoms with Gasteiger partial charge in [-0.05, 0) is 63.6 Å². The first-order chi connectivity index (χ1) is 34.2. The molecule has 0 aromatic heterocycles. The number of ether oxygens (including phenoxy) is 1. The summed E-state index contributed by atoms with van der Waals surface area (Å²) in [4.78, 5) is 58.0. The number of rotatable bonds is 15. The van der Waals surface area contributed by atoms with E-state index < -0.39 is 51.5 Å². The zero-order chi connectivity index (χ0) is 48.2. The first-order valence-corrected chi connectivity index (χ1v) is 25.3. The van der Waals surface area contributed by atoms with E-state index in [1.807, 2.05) is 128 Å². The van der Waals surface area contributed by atoms with E-state index in [0.29, 0.717) is 48.4 Å². The molecule has 1 fully saturated rings. The maximum absolute atomic E-state index is 14.7. The lowest BCUT2D eigenvalue weighted by Crippen LogP contribution is -2.70. The van der Waals surface area contributed by atoms with Gasteiger partial charge in [0.15, 0.2) is 22.8 Å². The molecule has 15 heteroatoms. The molecule has 0 aliphatic carbocycles. The summed E-state index contributed by atoms with van der Waals surface area (Å²) in [5.41, 5.74) is 6.49. The summed E-state index contributed by atoms with van der Waals surface area (Å²) in [6.07, 6.45) is -0.865. The van der Waals surface area contributed by atoms with Crippen LogP contribution < -0.4 is 10.6 Å². The SMILES string of the molecule is CCO/N=S1\C=C(CC(=O)NC2C(=O)N3C(C(=O)OC(c4ccccc4)c4ccccc4)=C(CN4Cc5cc(O)c(O)cc5C4)CSC23)NC1=NC(c1ccccc1)(c1ccccc1)c1ccccc1. The van der Waals surface area contributed by atoms with Gasteiger partial charge in [-0.15, -0.1) is 11.8 Å². The van der Waals surface area contributed by atoms with Crippen molar-refractivity contribution in [2.75, 3.05) is 18.9 Å². The third kappa shape index (κ3) is 9.28. The van der Waals surface area contributed by atoms with E-state index in [4.69, 9.17) is 14.6 Å². The number of nitrogens with zero attached hydrogens (tertiary/aromatic N) is 4. The molecule has 2 amide bonds.